The summed E-state index contributed by atoms with van der Waals surface area (Å²) in [4.78, 5) is 6.71. The fourth-order valence-corrected chi connectivity index (χ4v) is 4.79. The molecule has 1 aliphatic heterocycles. The number of ether oxygens (including phenoxy) is 1. The van der Waals surface area contributed by atoms with Gasteiger partial charge in [-0.15, -0.1) is 0 Å². The smallest absolute Gasteiger partial charge is 0.216 e. The van der Waals surface area contributed by atoms with Crippen molar-refractivity contribution in [2.75, 3.05) is 38.7 Å². The van der Waals surface area contributed by atoms with Crippen LogP contribution in [0.4, 0.5) is 5.82 Å². The highest BCUT2D eigenvalue weighted by atomic mass is 32.2. The van der Waals surface area contributed by atoms with Crippen LogP contribution >= 0.6 is 0 Å². The van der Waals surface area contributed by atoms with Crippen molar-refractivity contribution < 1.29 is 13.2 Å². The van der Waals surface area contributed by atoms with Crippen molar-refractivity contribution >= 4 is 15.8 Å². The van der Waals surface area contributed by atoms with E-state index in [2.05, 4.69) is 9.88 Å². The van der Waals surface area contributed by atoms with Crippen LogP contribution in [0.25, 0.3) is 0 Å². The average molecular weight is 339 g/mol. The van der Waals surface area contributed by atoms with Crippen molar-refractivity contribution in [2.45, 2.75) is 30.9 Å². The fourth-order valence-electron chi connectivity index (χ4n) is 3.13. The molecule has 128 valence electrons. The SMILES string of the molecule is COc1cccc(N2CCC(CN(C)S(=O)(=O)C3CC3)CC2)n1. The van der Waals surface area contributed by atoms with Gasteiger partial charge in [0.25, 0.3) is 0 Å². The molecule has 2 fully saturated rings. The van der Waals surface area contributed by atoms with E-state index in [0.717, 1.165) is 44.6 Å². The van der Waals surface area contributed by atoms with Crippen LogP contribution < -0.4 is 9.64 Å². The van der Waals surface area contributed by atoms with Crippen LogP contribution in [0.3, 0.4) is 0 Å². The Kier molecular flexibility index (Phi) is 4.77. The van der Waals surface area contributed by atoms with Gasteiger partial charge in [0.05, 0.1) is 12.4 Å². The van der Waals surface area contributed by atoms with Gasteiger partial charge in [0.15, 0.2) is 0 Å². The Bertz CT molecular complexity index is 638. The van der Waals surface area contributed by atoms with Crippen LogP contribution in [0.15, 0.2) is 18.2 Å². The van der Waals surface area contributed by atoms with Gasteiger partial charge >= 0.3 is 0 Å². The molecule has 23 heavy (non-hydrogen) atoms. The molecule has 0 unspecified atom stereocenters. The minimum absolute atomic E-state index is 0.117. The minimum Gasteiger partial charge on any atom is -0.481 e. The maximum Gasteiger partial charge on any atom is 0.216 e. The summed E-state index contributed by atoms with van der Waals surface area (Å²) in [6.45, 7) is 2.45. The van der Waals surface area contributed by atoms with E-state index in [1.165, 1.54) is 0 Å². The molecule has 2 heterocycles. The fraction of sp³-hybridized carbons (Fsp3) is 0.688. The lowest BCUT2D eigenvalue weighted by atomic mass is 9.97. The zero-order chi connectivity index (χ0) is 16.4. The molecule has 1 aromatic rings. The lowest BCUT2D eigenvalue weighted by molar-refractivity contribution is 0.326. The molecule has 0 bridgehead atoms. The zero-order valence-corrected chi connectivity index (χ0v) is 14.6. The number of anilines is 1. The van der Waals surface area contributed by atoms with Crippen LogP contribution in [0, 0.1) is 5.92 Å². The summed E-state index contributed by atoms with van der Waals surface area (Å²) in [5, 5.41) is -0.117. The summed E-state index contributed by atoms with van der Waals surface area (Å²) < 4.78 is 31.2. The number of nitrogens with zero attached hydrogens (tertiary/aromatic N) is 3. The molecule has 6 nitrogen and oxygen atoms in total. The number of hydrogen-bond donors (Lipinski definition) is 0. The largest absolute Gasteiger partial charge is 0.481 e. The van der Waals surface area contributed by atoms with E-state index in [1.54, 1.807) is 18.5 Å². The highest BCUT2D eigenvalue weighted by Crippen LogP contribution is 2.31. The Morgan fingerprint density at radius 2 is 1.96 bits per heavy atom. The Hall–Kier alpha value is -1.34. The third-order valence-electron chi connectivity index (χ3n) is 4.75. The summed E-state index contributed by atoms with van der Waals surface area (Å²) >= 11 is 0. The maximum absolute atomic E-state index is 12.2. The predicted molar refractivity (Wildman–Crippen MR) is 90.3 cm³/mol. The van der Waals surface area contributed by atoms with Gasteiger partial charge in [0, 0.05) is 32.7 Å². The van der Waals surface area contributed by atoms with Gasteiger partial charge in [-0.05, 0) is 37.7 Å². The lowest BCUT2D eigenvalue weighted by Crippen LogP contribution is -2.40. The summed E-state index contributed by atoms with van der Waals surface area (Å²) in [7, 11) is 0.296. The second-order valence-corrected chi connectivity index (χ2v) is 8.81. The van der Waals surface area contributed by atoms with Gasteiger partial charge in [-0.25, -0.2) is 12.7 Å². The van der Waals surface area contributed by atoms with Crippen molar-refractivity contribution in [1.82, 2.24) is 9.29 Å². The van der Waals surface area contributed by atoms with E-state index in [0.29, 0.717) is 18.3 Å². The second kappa shape index (κ2) is 6.65. The monoisotopic (exact) mass is 339 g/mol. The Labute approximate surface area is 138 Å². The normalized spacial score (nSPS) is 20.0. The van der Waals surface area contributed by atoms with E-state index in [9.17, 15) is 8.42 Å². The standard InChI is InChI=1S/C16H25N3O3S/c1-18(23(20,21)14-6-7-14)12-13-8-10-19(11-9-13)15-4-3-5-16(17-15)22-2/h3-5,13-14H,6-12H2,1-2H3. The molecule has 0 spiro atoms. The highest BCUT2D eigenvalue weighted by Gasteiger charge is 2.39. The number of pyridine rings is 1. The quantitative estimate of drug-likeness (QED) is 0.790. The molecule has 3 rings (SSSR count). The molecule has 1 saturated carbocycles. The van der Waals surface area contributed by atoms with Crippen molar-refractivity contribution in [2.24, 2.45) is 5.92 Å². The van der Waals surface area contributed by atoms with E-state index >= 15 is 0 Å². The first-order valence-electron chi connectivity index (χ1n) is 8.22. The molecule has 7 heteroatoms. The molecule has 0 N–H and O–H groups in total. The third-order valence-corrected chi connectivity index (χ3v) is 7.08. The summed E-state index contributed by atoms with van der Waals surface area (Å²) in [5.74, 6) is 1.98. The molecule has 0 atom stereocenters. The Morgan fingerprint density at radius 3 is 2.57 bits per heavy atom. The lowest BCUT2D eigenvalue weighted by Gasteiger charge is -2.34. The highest BCUT2D eigenvalue weighted by molar-refractivity contribution is 7.90. The molecule has 1 aliphatic carbocycles. The van der Waals surface area contributed by atoms with Crippen molar-refractivity contribution in [1.29, 1.82) is 0 Å². The Balaban J connectivity index is 1.54. The van der Waals surface area contributed by atoms with E-state index in [1.807, 2.05) is 18.2 Å². The molecule has 0 aromatic carbocycles. The predicted octanol–water partition coefficient (Wildman–Crippen LogP) is 1.73. The average Bonchev–Trinajstić information content (AvgIpc) is 3.41. The van der Waals surface area contributed by atoms with Crippen LogP contribution in [0.2, 0.25) is 0 Å². The molecular weight excluding hydrogens is 314 g/mol. The van der Waals surface area contributed by atoms with Gasteiger partial charge < -0.3 is 9.64 Å². The molecular formula is C16H25N3O3S. The van der Waals surface area contributed by atoms with E-state index < -0.39 is 10.0 Å². The summed E-state index contributed by atoms with van der Waals surface area (Å²) in [6, 6.07) is 5.78. The topological polar surface area (TPSA) is 62.7 Å². The minimum atomic E-state index is -3.05. The summed E-state index contributed by atoms with van der Waals surface area (Å²) in [6.07, 6.45) is 3.63. The first-order valence-corrected chi connectivity index (χ1v) is 9.72. The Morgan fingerprint density at radius 1 is 1.26 bits per heavy atom. The van der Waals surface area contributed by atoms with Crippen molar-refractivity contribution in [3.05, 3.63) is 18.2 Å². The van der Waals surface area contributed by atoms with Crippen LogP contribution in [0.5, 0.6) is 5.88 Å². The zero-order valence-electron chi connectivity index (χ0n) is 13.8. The molecule has 1 aromatic heterocycles. The van der Waals surface area contributed by atoms with Crippen LogP contribution in [-0.4, -0.2) is 56.7 Å². The molecule has 0 amide bonds. The van der Waals surface area contributed by atoms with Gasteiger partial charge in [-0.2, -0.15) is 4.98 Å². The first kappa shape index (κ1) is 16.5. The molecule has 0 radical (unpaired) electrons. The van der Waals surface area contributed by atoms with E-state index in [4.69, 9.17) is 4.74 Å². The molecule has 1 saturated heterocycles. The van der Waals surface area contributed by atoms with Crippen LogP contribution in [-0.2, 0) is 10.0 Å². The maximum atomic E-state index is 12.2. The van der Waals surface area contributed by atoms with Gasteiger partial charge in [0.1, 0.15) is 5.82 Å². The number of rotatable bonds is 6. The second-order valence-electron chi connectivity index (χ2n) is 6.49. The summed E-state index contributed by atoms with van der Waals surface area (Å²) in [5.41, 5.74) is 0. The number of sulfonamides is 1. The van der Waals surface area contributed by atoms with Crippen molar-refractivity contribution in [3.63, 3.8) is 0 Å². The van der Waals surface area contributed by atoms with Gasteiger partial charge in [-0.3, -0.25) is 0 Å². The van der Waals surface area contributed by atoms with Gasteiger partial charge in [-0.1, -0.05) is 6.07 Å². The number of aromatic nitrogens is 1. The van der Waals surface area contributed by atoms with E-state index in [-0.39, 0.29) is 5.25 Å². The number of methoxy groups -OCH3 is 1. The van der Waals surface area contributed by atoms with Gasteiger partial charge in [0.2, 0.25) is 15.9 Å². The third kappa shape index (κ3) is 3.77. The van der Waals surface area contributed by atoms with Crippen molar-refractivity contribution in [3.8, 4) is 5.88 Å². The molecule has 2 aliphatic rings. The first-order chi connectivity index (χ1) is 11.0. The number of piperidine rings is 1. The van der Waals surface area contributed by atoms with Crippen LogP contribution in [0.1, 0.15) is 25.7 Å². The number of hydrogen-bond acceptors (Lipinski definition) is 5.